The molecular weight excluding hydrogens is 140 g/mol. The van der Waals surface area contributed by atoms with Crippen molar-refractivity contribution >= 4 is 5.71 Å². The minimum atomic E-state index is 0.545. The lowest BCUT2D eigenvalue weighted by Gasteiger charge is -2.28. The fraction of sp³-hybridized carbons (Fsp3) is 0.875. The number of likely N-dealkylation sites (tertiary alicyclic amines) is 1. The SMILES string of the molecule is CN1CC2CCC(C1)C2=NO. The normalized spacial score (nSPS) is 37.7. The molecule has 0 spiro atoms. The van der Waals surface area contributed by atoms with Gasteiger partial charge in [0.2, 0.25) is 0 Å². The molecule has 1 aliphatic heterocycles. The van der Waals surface area contributed by atoms with Crippen LogP contribution in [0.5, 0.6) is 0 Å². The molecule has 62 valence electrons. The molecule has 0 radical (unpaired) electrons. The largest absolute Gasteiger partial charge is 0.411 e. The maximum absolute atomic E-state index is 8.73. The van der Waals surface area contributed by atoms with E-state index in [1.54, 1.807) is 0 Å². The molecule has 2 unspecified atom stereocenters. The molecule has 0 amide bonds. The Balaban J connectivity index is 2.19. The van der Waals surface area contributed by atoms with E-state index < -0.39 is 0 Å². The smallest absolute Gasteiger partial charge is 0.0657 e. The van der Waals surface area contributed by atoms with Gasteiger partial charge in [0.1, 0.15) is 0 Å². The molecule has 2 fully saturated rings. The van der Waals surface area contributed by atoms with Crippen LogP contribution in [-0.4, -0.2) is 36.0 Å². The van der Waals surface area contributed by atoms with Crippen LogP contribution in [-0.2, 0) is 0 Å². The molecule has 1 aliphatic carbocycles. The highest BCUT2D eigenvalue weighted by Crippen LogP contribution is 2.33. The van der Waals surface area contributed by atoms with Crippen LogP contribution in [0.15, 0.2) is 5.16 Å². The third-order valence-electron chi connectivity index (χ3n) is 2.88. The van der Waals surface area contributed by atoms with Gasteiger partial charge in [-0.25, -0.2) is 0 Å². The van der Waals surface area contributed by atoms with Gasteiger partial charge in [-0.05, 0) is 19.9 Å². The first kappa shape index (κ1) is 7.10. The maximum atomic E-state index is 8.73. The number of fused-ring (bicyclic) bond motifs is 2. The van der Waals surface area contributed by atoms with Crippen molar-refractivity contribution in [2.45, 2.75) is 12.8 Å². The maximum Gasteiger partial charge on any atom is 0.0657 e. The first-order chi connectivity index (χ1) is 5.31. The molecule has 2 bridgehead atoms. The van der Waals surface area contributed by atoms with Gasteiger partial charge in [0.05, 0.1) is 5.71 Å². The summed E-state index contributed by atoms with van der Waals surface area (Å²) in [6, 6.07) is 0. The zero-order valence-electron chi connectivity index (χ0n) is 6.82. The summed E-state index contributed by atoms with van der Waals surface area (Å²) in [5.41, 5.74) is 1.06. The van der Waals surface area contributed by atoms with Crippen molar-refractivity contribution in [2.24, 2.45) is 17.0 Å². The minimum Gasteiger partial charge on any atom is -0.411 e. The zero-order chi connectivity index (χ0) is 7.84. The first-order valence-electron chi connectivity index (χ1n) is 4.21. The lowest BCUT2D eigenvalue weighted by atomic mass is 9.97. The second-order valence-electron chi connectivity index (χ2n) is 3.72. The summed E-state index contributed by atoms with van der Waals surface area (Å²) in [7, 11) is 2.14. The summed E-state index contributed by atoms with van der Waals surface area (Å²) in [5.74, 6) is 1.09. The van der Waals surface area contributed by atoms with Crippen molar-refractivity contribution in [3.05, 3.63) is 0 Å². The van der Waals surface area contributed by atoms with E-state index in [-0.39, 0.29) is 0 Å². The second-order valence-corrected chi connectivity index (χ2v) is 3.72. The monoisotopic (exact) mass is 154 g/mol. The third kappa shape index (κ3) is 1.03. The van der Waals surface area contributed by atoms with Crippen LogP contribution >= 0.6 is 0 Å². The molecule has 1 N–H and O–H groups in total. The topological polar surface area (TPSA) is 35.8 Å². The Labute approximate surface area is 66.7 Å². The van der Waals surface area contributed by atoms with E-state index in [2.05, 4.69) is 17.1 Å². The first-order valence-corrected chi connectivity index (χ1v) is 4.21. The van der Waals surface area contributed by atoms with Crippen LogP contribution in [0.2, 0.25) is 0 Å². The number of oxime groups is 1. The fourth-order valence-electron chi connectivity index (χ4n) is 2.39. The van der Waals surface area contributed by atoms with Crippen molar-refractivity contribution in [3.63, 3.8) is 0 Å². The van der Waals surface area contributed by atoms with Gasteiger partial charge in [-0.3, -0.25) is 0 Å². The predicted molar refractivity (Wildman–Crippen MR) is 42.9 cm³/mol. The minimum absolute atomic E-state index is 0.545. The van der Waals surface area contributed by atoms with E-state index in [1.165, 1.54) is 12.8 Å². The van der Waals surface area contributed by atoms with E-state index in [0.29, 0.717) is 11.8 Å². The summed E-state index contributed by atoms with van der Waals surface area (Å²) in [4.78, 5) is 2.33. The molecule has 1 heterocycles. The van der Waals surface area contributed by atoms with Crippen LogP contribution in [0.3, 0.4) is 0 Å². The second kappa shape index (κ2) is 2.48. The lowest BCUT2D eigenvalue weighted by Crippen LogP contribution is -2.39. The Kier molecular flexibility index (Phi) is 1.60. The van der Waals surface area contributed by atoms with Gasteiger partial charge in [-0.15, -0.1) is 0 Å². The predicted octanol–water partition coefficient (Wildman–Crippen LogP) is 0.788. The van der Waals surface area contributed by atoms with E-state index in [1.807, 2.05) is 0 Å². The van der Waals surface area contributed by atoms with Crippen molar-refractivity contribution < 1.29 is 5.21 Å². The van der Waals surface area contributed by atoms with E-state index in [9.17, 15) is 0 Å². The summed E-state index contributed by atoms with van der Waals surface area (Å²) >= 11 is 0. The quantitative estimate of drug-likeness (QED) is 0.413. The molecule has 0 aromatic rings. The van der Waals surface area contributed by atoms with Crippen LogP contribution < -0.4 is 0 Å². The number of hydrogen-bond acceptors (Lipinski definition) is 3. The molecule has 2 rings (SSSR count). The third-order valence-corrected chi connectivity index (χ3v) is 2.88. The van der Waals surface area contributed by atoms with Crippen molar-refractivity contribution in [2.75, 3.05) is 20.1 Å². The molecule has 2 atom stereocenters. The number of nitrogens with zero attached hydrogens (tertiary/aromatic N) is 2. The Morgan fingerprint density at radius 1 is 1.36 bits per heavy atom. The highest BCUT2D eigenvalue weighted by Gasteiger charge is 2.37. The lowest BCUT2D eigenvalue weighted by molar-refractivity contribution is 0.265. The molecule has 0 aromatic heterocycles. The van der Waals surface area contributed by atoms with Gasteiger partial charge in [-0.1, -0.05) is 5.16 Å². The molecule has 1 saturated heterocycles. The zero-order valence-corrected chi connectivity index (χ0v) is 6.82. The molecule has 1 saturated carbocycles. The van der Waals surface area contributed by atoms with Gasteiger partial charge in [0, 0.05) is 24.9 Å². The summed E-state index contributed by atoms with van der Waals surface area (Å²) < 4.78 is 0. The highest BCUT2D eigenvalue weighted by molar-refractivity contribution is 5.91. The summed E-state index contributed by atoms with van der Waals surface area (Å²) in [6.45, 7) is 2.16. The van der Waals surface area contributed by atoms with Crippen LogP contribution in [0.1, 0.15) is 12.8 Å². The Morgan fingerprint density at radius 2 is 1.91 bits per heavy atom. The number of hydrogen-bond donors (Lipinski definition) is 1. The van der Waals surface area contributed by atoms with Crippen LogP contribution in [0, 0.1) is 11.8 Å². The standard InChI is InChI=1S/C8H14N2O/c1-10-4-6-2-3-7(5-10)8(6)9-11/h6-7,11H,2-5H2,1H3. The van der Waals surface area contributed by atoms with Gasteiger partial charge < -0.3 is 10.1 Å². The van der Waals surface area contributed by atoms with E-state index in [0.717, 1.165) is 18.8 Å². The van der Waals surface area contributed by atoms with Gasteiger partial charge >= 0.3 is 0 Å². The molecule has 0 aromatic carbocycles. The van der Waals surface area contributed by atoms with Gasteiger partial charge in [0.15, 0.2) is 0 Å². The molecular formula is C8H14N2O. The Hall–Kier alpha value is -0.570. The molecule has 3 nitrogen and oxygen atoms in total. The van der Waals surface area contributed by atoms with Crippen LogP contribution in [0.4, 0.5) is 0 Å². The fourth-order valence-corrected chi connectivity index (χ4v) is 2.39. The summed E-state index contributed by atoms with van der Waals surface area (Å²) in [6.07, 6.45) is 2.43. The van der Waals surface area contributed by atoms with Gasteiger partial charge in [-0.2, -0.15) is 0 Å². The highest BCUT2D eigenvalue weighted by atomic mass is 16.4. The Bertz CT molecular complexity index is 175. The van der Waals surface area contributed by atoms with Crippen molar-refractivity contribution in [1.82, 2.24) is 4.90 Å². The van der Waals surface area contributed by atoms with Crippen molar-refractivity contribution in [1.29, 1.82) is 0 Å². The van der Waals surface area contributed by atoms with E-state index >= 15 is 0 Å². The van der Waals surface area contributed by atoms with Crippen LogP contribution in [0.25, 0.3) is 0 Å². The van der Waals surface area contributed by atoms with Gasteiger partial charge in [0.25, 0.3) is 0 Å². The van der Waals surface area contributed by atoms with E-state index in [4.69, 9.17) is 5.21 Å². The number of rotatable bonds is 0. The van der Waals surface area contributed by atoms with Crippen molar-refractivity contribution in [3.8, 4) is 0 Å². The molecule has 3 heteroatoms. The average Bonchev–Trinajstić information content (AvgIpc) is 2.23. The summed E-state index contributed by atoms with van der Waals surface area (Å²) in [5, 5.41) is 12.1. The Morgan fingerprint density at radius 3 is 2.36 bits per heavy atom. The molecule has 11 heavy (non-hydrogen) atoms. The molecule has 2 aliphatic rings. The average molecular weight is 154 g/mol. The number of piperidine rings is 1.